The summed E-state index contributed by atoms with van der Waals surface area (Å²) in [5.41, 5.74) is 0.522. The lowest BCUT2D eigenvalue weighted by Crippen LogP contribution is -2.29. The van der Waals surface area contributed by atoms with Crippen LogP contribution in [0.4, 0.5) is 0 Å². The van der Waals surface area contributed by atoms with E-state index in [2.05, 4.69) is 4.74 Å². The van der Waals surface area contributed by atoms with E-state index in [1.807, 2.05) is 0 Å². The molecule has 1 rings (SSSR count). The van der Waals surface area contributed by atoms with Gasteiger partial charge in [0.1, 0.15) is 11.9 Å². The van der Waals surface area contributed by atoms with E-state index in [4.69, 9.17) is 9.84 Å². The number of esters is 1. The van der Waals surface area contributed by atoms with Gasteiger partial charge in [-0.3, -0.25) is 4.79 Å². The molecule has 0 aliphatic carbocycles. The SMILES string of the molecule is COC(=O)C(O)C(O)c1cc(CC(=O)O)ccc1OC. The molecule has 0 aliphatic heterocycles. The topological polar surface area (TPSA) is 113 Å². The number of rotatable bonds is 6. The van der Waals surface area contributed by atoms with Crippen LogP contribution in [0.15, 0.2) is 18.2 Å². The molecule has 0 saturated carbocycles. The zero-order chi connectivity index (χ0) is 15.3. The predicted octanol–water partition coefficient (Wildman–Crippen LogP) is -0.110. The molecule has 1 aromatic rings. The van der Waals surface area contributed by atoms with Crippen molar-refractivity contribution in [3.05, 3.63) is 29.3 Å². The van der Waals surface area contributed by atoms with Gasteiger partial charge < -0.3 is 24.8 Å². The van der Waals surface area contributed by atoms with E-state index < -0.39 is 24.1 Å². The number of carbonyl (C=O) groups is 2. The van der Waals surface area contributed by atoms with Crippen molar-refractivity contribution in [2.45, 2.75) is 18.6 Å². The molecule has 3 N–H and O–H groups in total. The van der Waals surface area contributed by atoms with E-state index >= 15 is 0 Å². The Balaban J connectivity index is 3.12. The van der Waals surface area contributed by atoms with Gasteiger partial charge in [-0.15, -0.1) is 0 Å². The van der Waals surface area contributed by atoms with Crippen LogP contribution in [0, 0.1) is 0 Å². The maximum Gasteiger partial charge on any atom is 0.337 e. The highest BCUT2D eigenvalue weighted by molar-refractivity contribution is 5.75. The second kappa shape index (κ2) is 6.88. The first-order valence-corrected chi connectivity index (χ1v) is 5.73. The van der Waals surface area contributed by atoms with Gasteiger partial charge in [-0.25, -0.2) is 4.79 Å². The first-order chi connectivity index (χ1) is 9.40. The standard InChI is InChI=1S/C13H16O7/c1-19-9-4-3-7(6-10(14)15)5-8(9)11(16)12(17)13(18)20-2/h3-5,11-12,16-17H,6H2,1-2H3,(H,14,15). The van der Waals surface area contributed by atoms with Crippen molar-refractivity contribution in [3.8, 4) is 5.75 Å². The Morgan fingerprint density at radius 2 is 1.90 bits per heavy atom. The highest BCUT2D eigenvalue weighted by atomic mass is 16.5. The fourth-order valence-corrected chi connectivity index (χ4v) is 1.72. The Bertz CT molecular complexity index is 497. The number of carboxylic acids is 1. The summed E-state index contributed by atoms with van der Waals surface area (Å²) in [5.74, 6) is -1.80. The summed E-state index contributed by atoms with van der Waals surface area (Å²) in [6, 6.07) is 4.35. The summed E-state index contributed by atoms with van der Waals surface area (Å²) >= 11 is 0. The van der Waals surface area contributed by atoms with Crippen molar-refractivity contribution in [3.63, 3.8) is 0 Å². The summed E-state index contributed by atoms with van der Waals surface area (Å²) in [6.45, 7) is 0. The summed E-state index contributed by atoms with van der Waals surface area (Å²) in [5, 5.41) is 28.4. The Morgan fingerprint density at radius 1 is 1.25 bits per heavy atom. The molecule has 0 aliphatic rings. The van der Waals surface area contributed by atoms with Crippen LogP contribution in [0.3, 0.4) is 0 Å². The number of hydrogen-bond donors (Lipinski definition) is 3. The molecule has 2 unspecified atom stereocenters. The molecule has 20 heavy (non-hydrogen) atoms. The third-order valence-corrected chi connectivity index (χ3v) is 2.71. The van der Waals surface area contributed by atoms with Gasteiger partial charge in [-0.05, 0) is 17.7 Å². The molecule has 0 radical (unpaired) electrons. The molecule has 0 spiro atoms. The Kier molecular flexibility index (Phi) is 5.48. The summed E-state index contributed by atoms with van der Waals surface area (Å²) in [7, 11) is 2.43. The van der Waals surface area contributed by atoms with Crippen LogP contribution in [-0.2, 0) is 20.7 Å². The lowest BCUT2D eigenvalue weighted by molar-refractivity contribution is -0.156. The van der Waals surface area contributed by atoms with Gasteiger partial charge in [0.15, 0.2) is 6.10 Å². The number of benzene rings is 1. The van der Waals surface area contributed by atoms with Gasteiger partial charge in [0, 0.05) is 5.56 Å². The molecule has 0 saturated heterocycles. The minimum atomic E-state index is -1.78. The largest absolute Gasteiger partial charge is 0.496 e. The van der Waals surface area contributed by atoms with Crippen molar-refractivity contribution in [1.82, 2.24) is 0 Å². The molecule has 1 aromatic carbocycles. The van der Waals surface area contributed by atoms with E-state index in [0.717, 1.165) is 7.11 Å². The molecule has 7 nitrogen and oxygen atoms in total. The zero-order valence-corrected chi connectivity index (χ0v) is 11.1. The number of carbonyl (C=O) groups excluding carboxylic acids is 1. The zero-order valence-electron chi connectivity index (χ0n) is 11.1. The fourth-order valence-electron chi connectivity index (χ4n) is 1.72. The Morgan fingerprint density at radius 3 is 2.40 bits per heavy atom. The van der Waals surface area contributed by atoms with Gasteiger partial charge in [-0.1, -0.05) is 6.07 Å². The Labute approximate surface area is 115 Å². The van der Waals surface area contributed by atoms with Crippen LogP contribution in [-0.4, -0.2) is 47.6 Å². The van der Waals surface area contributed by atoms with Gasteiger partial charge in [0.25, 0.3) is 0 Å². The summed E-state index contributed by atoms with van der Waals surface area (Å²) in [4.78, 5) is 21.9. The van der Waals surface area contributed by atoms with Crippen LogP contribution >= 0.6 is 0 Å². The van der Waals surface area contributed by atoms with Gasteiger partial charge >= 0.3 is 11.9 Å². The number of aliphatic hydroxyl groups is 2. The van der Waals surface area contributed by atoms with Crippen LogP contribution in [0.1, 0.15) is 17.2 Å². The lowest BCUT2D eigenvalue weighted by Gasteiger charge is -2.19. The third-order valence-electron chi connectivity index (χ3n) is 2.71. The monoisotopic (exact) mass is 284 g/mol. The molecule has 2 atom stereocenters. The minimum absolute atomic E-state index is 0.115. The second-order valence-electron chi connectivity index (χ2n) is 4.06. The van der Waals surface area contributed by atoms with E-state index in [9.17, 15) is 19.8 Å². The van der Waals surface area contributed by atoms with E-state index in [0.29, 0.717) is 5.56 Å². The van der Waals surface area contributed by atoms with Crippen LogP contribution in [0.2, 0.25) is 0 Å². The van der Waals surface area contributed by atoms with Crippen molar-refractivity contribution in [2.24, 2.45) is 0 Å². The van der Waals surface area contributed by atoms with Crippen LogP contribution < -0.4 is 4.74 Å². The number of aliphatic carboxylic acids is 1. The third kappa shape index (κ3) is 3.69. The highest BCUT2D eigenvalue weighted by Gasteiger charge is 2.29. The van der Waals surface area contributed by atoms with Crippen molar-refractivity contribution in [1.29, 1.82) is 0 Å². The molecule has 0 bridgehead atoms. The molecular weight excluding hydrogens is 268 g/mol. The molecule has 0 heterocycles. The summed E-state index contributed by atoms with van der Waals surface area (Å²) in [6.07, 6.45) is -3.61. The van der Waals surface area contributed by atoms with E-state index in [-0.39, 0.29) is 17.7 Å². The van der Waals surface area contributed by atoms with Crippen molar-refractivity contribution >= 4 is 11.9 Å². The maximum absolute atomic E-state index is 11.2. The first-order valence-electron chi connectivity index (χ1n) is 5.73. The number of carboxylic acid groups (broad SMARTS) is 1. The highest BCUT2D eigenvalue weighted by Crippen LogP contribution is 2.29. The predicted molar refractivity (Wildman–Crippen MR) is 67.3 cm³/mol. The summed E-state index contributed by atoms with van der Waals surface area (Å²) < 4.78 is 9.36. The quantitative estimate of drug-likeness (QED) is 0.624. The molecule has 0 fully saturated rings. The van der Waals surface area contributed by atoms with Gasteiger partial charge in [0.05, 0.1) is 20.6 Å². The number of hydrogen-bond acceptors (Lipinski definition) is 6. The number of ether oxygens (including phenoxy) is 2. The number of aliphatic hydroxyl groups excluding tert-OH is 2. The maximum atomic E-state index is 11.2. The first kappa shape index (κ1) is 15.9. The average Bonchev–Trinajstić information content (AvgIpc) is 2.44. The smallest absolute Gasteiger partial charge is 0.337 e. The van der Waals surface area contributed by atoms with Gasteiger partial charge in [-0.2, -0.15) is 0 Å². The van der Waals surface area contributed by atoms with Crippen LogP contribution in [0.25, 0.3) is 0 Å². The average molecular weight is 284 g/mol. The second-order valence-corrected chi connectivity index (χ2v) is 4.06. The lowest BCUT2D eigenvalue weighted by atomic mass is 9.99. The van der Waals surface area contributed by atoms with Crippen molar-refractivity contribution < 1.29 is 34.4 Å². The molecule has 110 valence electrons. The fraction of sp³-hybridized carbons (Fsp3) is 0.385. The molecule has 0 aromatic heterocycles. The Hall–Kier alpha value is -2.12. The minimum Gasteiger partial charge on any atom is -0.496 e. The molecule has 0 amide bonds. The molecular formula is C13H16O7. The molecule has 7 heteroatoms. The van der Waals surface area contributed by atoms with Crippen molar-refractivity contribution in [2.75, 3.05) is 14.2 Å². The van der Waals surface area contributed by atoms with Gasteiger partial charge in [0.2, 0.25) is 0 Å². The van der Waals surface area contributed by atoms with Crippen LogP contribution in [0.5, 0.6) is 5.75 Å². The van der Waals surface area contributed by atoms with E-state index in [1.165, 1.54) is 25.3 Å². The number of methoxy groups -OCH3 is 2. The normalized spacial score (nSPS) is 13.4. The van der Waals surface area contributed by atoms with E-state index in [1.54, 1.807) is 0 Å².